The molecule has 2 unspecified atom stereocenters. The lowest BCUT2D eigenvalue weighted by atomic mass is 10.1. The third-order valence-electron chi connectivity index (χ3n) is 3.17. The van der Waals surface area contributed by atoms with Crippen LogP contribution in [-0.4, -0.2) is 34.1 Å². The van der Waals surface area contributed by atoms with Crippen LogP contribution in [0.5, 0.6) is 0 Å². The van der Waals surface area contributed by atoms with Gasteiger partial charge in [0.2, 0.25) is 17.2 Å². The molecule has 2 atom stereocenters. The lowest BCUT2D eigenvalue weighted by Gasteiger charge is -2.21. The van der Waals surface area contributed by atoms with Crippen molar-refractivity contribution in [2.75, 3.05) is 23.3 Å². The smallest absolute Gasteiger partial charge is 0.231 e. The molecule has 6 heteroatoms. The van der Waals surface area contributed by atoms with Crippen LogP contribution in [0.25, 0.3) is 0 Å². The van der Waals surface area contributed by atoms with E-state index in [1.165, 1.54) is 6.42 Å². The van der Waals surface area contributed by atoms with E-state index in [-0.39, 0.29) is 5.28 Å². The van der Waals surface area contributed by atoms with Crippen LogP contribution in [0.15, 0.2) is 0 Å². The van der Waals surface area contributed by atoms with Gasteiger partial charge in [0, 0.05) is 19.1 Å². The molecule has 2 heterocycles. The van der Waals surface area contributed by atoms with Crippen LogP contribution in [0, 0.1) is 5.92 Å². The van der Waals surface area contributed by atoms with Crippen LogP contribution in [0.1, 0.15) is 33.6 Å². The summed E-state index contributed by atoms with van der Waals surface area (Å²) >= 11 is 5.96. The zero-order valence-electron chi connectivity index (χ0n) is 11.1. The fourth-order valence-corrected chi connectivity index (χ4v) is 2.52. The van der Waals surface area contributed by atoms with E-state index in [1.807, 2.05) is 0 Å². The van der Waals surface area contributed by atoms with Crippen molar-refractivity contribution >= 4 is 23.5 Å². The molecule has 1 fully saturated rings. The van der Waals surface area contributed by atoms with Crippen molar-refractivity contribution in [3.63, 3.8) is 0 Å². The summed E-state index contributed by atoms with van der Waals surface area (Å²) in [5.74, 6) is 1.92. The third kappa shape index (κ3) is 3.02. The molecule has 1 aromatic heterocycles. The second kappa shape index (κ2) is 5.69. The van der Waals surface area contributed by atoms with Crippen molar-refractivity contribution < 1.29 is 0 Å². The molecule has 100 valence electrons. The van der Waals surface area contributed by atoms with Crippen LogP contribution in [0.4, 0.5) is 11.9 Å². The first-order chi connectivity index (χ1) is 8.60. The van der Waals surface area contributed by atoms with Crippen molar-refractivity contribution in [1.29, 1.82) is 0 Å². The molecule has 1 saturated heterocycles. The molecule has 1 aliphatic heterocycles. The Morgan fingerprint density at radius 2 is 2.11 bits per heavy atom. The number of nitrogens with zero attached hydrogens (tertiary/aromatic N) is 4. The SMILES string of the molecule is CCCNc1nc(Cl)nc(N2CC(C)CC2C)n1. The van der Waals surface area contributed by atoms with E-state index >= 15 is 0 Å². The van der Waals surface area contributed by atoms with E-state index in [0.29, 0.717) is 23.9 Å². The van der Waals surface area contributed by atoms with Crippen molar-refractivity contribution in [3.8, 4) is 0 Å². The molecule has 1 aromatic rings. The largest absolute Gasteiger partial charge is 0.354 e. The highest BCUT2D eigenvalue weighted by Gasteiger charge is 2.28. The minimum Gasteiger partial charge on any atom is -0.354 e. The number of hydrogen-bond donors (Lipinski definition) is 1. The average molecular weight is 270 g/mol. The predicted octanol–water partition coefficient (Wildman–Crippen LogP) is 2.58. The Balaban J connectivity index is 2.19. The second-order valence-corrected chi connectivity index (χ2v) is 5.34. The minimum absolute atomic E-state index is 0.255. The van der Waals surface area contributed by atoms with E-state index < -0.39 is 0 Å². The number of anilines is 2. The first-order valence-corrected chi connectivity index (χ1v) is 6.90. The van der Waals surface area contributed by atoms with Gasteiger partial charge in [-0.3, -0.25) is 0 Å². The molecule has 18 heavy (non-hydrogen) atoms. The van der Waals surface area contributed by atoms with Gasteiger partial charge in [0.05, 0.1) is 0 Å². The fraction of sp³-hybridized carbons (Fsp3) is 0.750. The molecule has 1 N–H and O–H groups in total. The van der Waals surface area contributed by atoms with Gasteiger partial charge in [-0.15, -0.1) is 0 Å². The Kier molecular flexibility index (Phi) is 4.22. The normalized spacial score (nSPS) is 23.4. The third-order valence-corrected chi connectivity index (χ3v) is 3.34. The zero-order chi connectivity index (χ0) is 13.1. The molecule has 2 rings (SSSR count). The first-order valence-electron chi connectivity index (χ1n) is 6.52. The lowest BCUT2D eigenvalue weighted by Crippen LogP contribution is -2.29. The highest BCUT2D eigenvalue weighted by atomic mass is 35.5. The molecule has 0 bridgehead atoms. The Hall–Kier alpha value is -1.10. The van der Waals surface area contributed by atoms with E-state index in [2.05, 4.69) is 45.9 Å². The van der Waals surface area contributed by atoms with E-state index in [1.54, 1.807) is 0 Å². The summed E-state index contributed by atoms with van der Waals surface area (Å²) in [6, 6.07) is 0.456. The summed E-state index contributed by atoms with van der Waals surface area (Å²) in [5.41, 5.74) is 0. The molecule has 5 nitrogen and oxygen atoms in total. The highest BCUT2D eigenvalue weighted by Crippen LogP contribution is 2.27. The maximum atomic E-state index is 5.96. The predicted molar refractivity (Wildman–Crippen MR) is 74.2 cm³/mol. The second-order valence-electron chi connectivity index (χ2n) is 5.00. The lowest BCUT2D eigenvalue weighted by molar-refractivity contribution is 0.624. The molecule has 0 amide bonds. The summed E-state index contributed by atoms with van der Waals surface area (Å²) < 4.78 is 0. The van der Waals surface area contributed by atoms with E-state index in [4.69, 9.17) is 11.6 Å². The van der Waals surface area contributed by atoms with Crippen LogP contribution in [0.2, 0.25) is 5.28 Å². The van der Waals surface area contributed by atoms with Crippen LogP contribution < -0.4 is 10.2 Å². The minimum atomic E-state index is 0.255. The van der Waals surface area contributed by atoms with Gasteiger partial charge in [-0.25, -0.2) is 0 Å². The number of aromatic nitrogens is 3. The number of halogens is 1. The topological polar surface area (TPSA) is 53.9 Å². The number of rotatable bonds is 4. The summed E-state index contributed by atoms with van der Waals surface area (Å²) in [5, 5.41) is 3.41. The number of hydrogen-bond acceptors (Lipinski definition) is 5. The highest BCUT2D eigenvalue weighted by molar-refractivity contribution is 6.28. The fourth-order valence-electron chi connectivity index (χ4n) is 2.36. The summed E-state index contributed by atoms with van der Waals surface area (Å²) in [6.45, 7) is 8.36. The van der Waals surface area contributed by atoms with Gasteiger partial charge < -0.3 is 10.2 Å². The van der Waals surface area contributed by atoms with Crippen molar-refractivity contribution in [2.24, 2.45) is 5.92 Å². The Labute approximate surface area is 113 Å². The standard InChI is InChI=1S/C12H20ClN5/c1-4-5-14-11-15-10(13)16-12(17-11)18-7-8(2)6-9(18)3/h8-9H,4-7H2,1-3H3,(H,14,15,16,17). The van der Waals surface area contributed by atoms with Crippen molar-refractivity contribution in [2.45, 2.75) is 39.7 Å². The quantitative estimate of drug-likeness (QED) is 0.911. The average Bonchev–Trinajstić information content (AvgIpc) is 2.65. The molecule has 0 radical (unpaired) electrons. The molecular formula is C12H20ClN5. The summed E-state index contributed by atoms with van der Waals surface area (Å²) in [7, 11) is 0. The Morgan fingerprint density at radius 1 is 1.33 bits per heavy atom. The molecule has 0 aromatic carbocycles. The maximum Gasteiger partial charge on any atom is 0.231 e. The molecule has 1 aliphatic rings. The van der Waals surface area contributed by atoms with Crippen LogP contribution in [-0.2, 0) is 0 Å². The van der Waals surface area contributed by atoms with Gasteiger partial charge in [-0.05, 0) is 37.3 Å². The van der Waals surface area contributed by atoms with Crippen LogP contribution >= 0.6 is 11.6 Å². The van der Waals surface area contributed by atoms with Crippen LogP contribution in [0.3, 0.4) is 0 Å². The molecule has 0 aliphatic carbocycles. The molecular weight excluding hydrogens is 250 g/mol. The monoisotopic (exact) mass is 269 g/mol. The van der Waals surface area contributed by atoms with E-state index in [0.717, 1.165) is 19.5 Å². The van der Waals surface area contributed by atoms with Gasteiger partial charge in [-0.2, -0.15) is 15.0 Å². The van der Waals surface area contributed by atoms with Gasteiger partial charge >= 0.3 is 0 Å². The maximum absolute atomic E-state index is 5.96. The first kappa shape index (κ1) is 13.3. The van der Waals surface area contributed by atoms with Gasteiger partial charge in [-0.1, -0.05) is 13.8 Å². The zero-order valence-corrected chi connectivity index (χ0v) is 11.9. The van der Waals surface area contributed by atoms with E-state index in [9.17, 15) is 0 Å². The summed E-state index contributed by atoms with van der Waals surface area (Å²) in [6.07, 6.45) is 2.19. The Bertz CT molecular complexity index is 411. The van der Waals surface area contributed by atoms with Gasteiger partial charge in [0.15, 0.2) is 0 Å². The van der Waals surface area contributed by atoms with Gasteiger partial charge in [0.1, 0.15) is 0 Å². The molecule has 0 saturated carbocycles. The Morgan fingerprint density at radius 3 is 2.72 bits per heavy atom. The molecule has 0 spiro atoms. The van der Waals surface area contributed by atoms with Crippen molar-refractivity contribution in [1.82, 2.24) is 15.0 Å². The van der Waals surface area contributed by atoms with Crippen molar-refractivity contribution in [3.05, 3.63) is 5.28 Å². The summed E-state index contributed by atoms with van der Waals surface area (Å²) in [4.78, 5) is 15.0. The van der Waals surface area contributed by atoms with Gasteiger partial charge in [0.25, 0.3) is 0 Å². The number of nitrogens with one attached hydrogen (secondary N) is 1.